The van der Waals surface area contributed by atoms with Gasteiger partial charge in [0.1, 0.15) is 42.5 Å². The minimum atomic E-state index is -1.56. The zero-order chi connectivity index (χ0) is 41.8. The van der Waals surface area contributed by atoms with Gasteiger partial charge in [0.05, 0.1) is 13.2 Å². The van der Waals surface area contributed by atoms with Gasteiger partial charge in [0.2, 0.25) is 23.7 Å². The second kappa shape index (κ2) is 15.5. The second-order valence-electron chi connectivity index (χ2n) is 16.9. The molecule has 5 saturated heterocycles. The van der Waals surface area contributed by atoms with Crippen molar-refractivity contribution in [2.24, 2.45) is 10.8 Å². The molecule has 60 heavy (non-hydrogen) atoms. The molecule has 314 valence electrons. The number of hydroxylamine groups is 2. The van der Waals surface area contributed by atoms with E-state index < -0.39 is 83.0 Å². The molecule has 15 heteroatoms. The highest BCUT2D eigenvalue weighted by Gasteiger charge is 2.77. The Balaban J connectivity index is 1.09. The van der Waals surface area contributed by atoms with Gasteiger partial charge in [-0.15, -0.1) is 0 Å². The number of esters is 3. The van der Waals surface area contributed by atoms with Crippen LogP contribution in [0, 0.1) is 10.8 Å². The molecule has 0 aromatic heterocycles. The summed E-state index contributed by atoms with van der Waals surface area (Å²) in [5.74, 6) is -4.27. The van der Waals surface area contributed by atoms with Gasteiger partial charge < -0.3 is 39.0 Å². The van der Waals surface area contributed by atoms with E-state index in [1.54, 1.807) is 38.1 Å². The van der Waals surface area contributed by atoms with Crippen LogP contribution in [0.1, 0.15) is 55.4 Å². The van der Waals surface area contributed by atoms with Crippen LogP contribution in [0.5, 0.6) is 0 Å². The van der Waals surface area contributed by atoms with Crippen LogP contribution in [0.25, 0.3) is 6.08 Å². The van der Waals surface area contributed by atoms with Crippen molar-refractivity contribution in [3.63, 3.8) is 0 Å². The topological polar surface area (TPSA) is 179 Å². The number of aliphatic hydroxyl groups excluding tert-OH is 1. The van der Waals surface area contributed by atoms with Crippen LogP contribution in [0.2, 0.25) is 0 Å². The quantitative estimate of drug-likeness (QED) is 0.164. The van der Waals surface area contributed by atoms with Crippen molar-refractivity contribution in [1.82, 2.24) is 15.3 Å². The molecule has 15 nitrogen and oxygen atoms in total. The Morgan fingerprint density at radius 2 is 1.60 bits per heavy atom. The predicted molar refractivity (Wildman–Crippen MR) is 209 cm³/mol. The van der Waals surface area contributed by atoms with Crippen molar-refractivity contribution in [1.29, 1.82) is 0 Å². The van der Waals surface area contributed by atoms with Crippen molar-refractivity contribution in [3.05, 3.63) is 113 Å². The summed E-state index contributed by atoms with van der Waals surface area (Å²) in [4.78, 5) is 77.2. The first-order valence-electron chi connectivity index (χ1n) is 20.4. The molecule has 0 spiro atoms. The minimum Gasteiger partial charge on any atom is -0.462 e. The molecule has 3 aromatic carbocycles. The van der Waals surface area contributed by atoms with Crippen LogP contribution in [0.3, 0.4) is 0 Å². The normalized spacial score (nSPS) is 31.1. The fourth-order valence-electron chi connectivity index (χ4n) is 9.77. The van der Waals surface area contributed by atoms with E-state index in [4.69, 9.17) is 28.5 Å². The lowest BCUT2D eigenvalue weighted by Gasteiger charge is -2.50. The van der Waals surface area contributed by atoms with E-state index in [1.165, 1.54) is 16.0 Å². The van der Waals surface area contributed by atoms with Gasteiger partial charge >= 0.3 is 17.9 Å². The largest absolute Gasteiger partial charge is 0.462 e. The van der Waals surface area contributed by atoms with Crippen LogP contribution >= 0.6 is 0 Å². The summed E-state index contributed by atoms with van der Waals surface area (Å²) in [5.41, 5.74) is 0.386. The number of hydrogen-bond acceptors (Lipinski definition) is 13. The van der Waals surface area contributed by atoms with Gasteiger partial charge in [-0.3, -0.25) is 19.2 Å². The van der Waals surface area contributed by atoms with Crippen LogP contribution < -0.4 is 5.32 Å². The smallest absolute Gasteiger partial charge is 0.348 e. The lowest BCUT2D eigenvalue weighted by atomic mass is 9.62. The third-order valence-electron chi connectivity index (χ3n) is 12.6. The zero-order valence-electron chi connectivity index (χ0n) is 33.3. The number of carbonyl (C=O) groups excluding carboxylic acids is 5. The zero-order valence-corrected chi connectivity index (χ0v) is 33.3. The molecule has 5 aliphatic heterocycles. The third-order valence-corrected chi connectivity index (χ3v) is 12.6. The van der Waals surface area contributed by atoms with E-state index >= 15 is 4.79 Å². The highest BCUT2D eigenvalue weighted by atomic mass is 16.8. The molecular formula is C45H47N3O12. The summed E-state index contributed by atoms with van der Waals surface area (Å²) in [6, 6.07) is 24.0. The average Bonchev–Trinajstić information content (AvgIpc) is 4.04. The molecule has 9 rings (SSSR count). The number of carbonyl (C=O) groups is 5. The van der Waals surface area contributed by atoms with Crippen molar-refractivity contribution >= 4 is 35.8 Å². The van der Waals surface area contributed by atoms with Crippen LogP contribution in [-0.2, 0) is 64.8 Å². The summed E-state index contributed by atoms with van der Waals surface area (Å²) >= 11 is 0. The summed E-state index contributed by atoms with van der Waals surface area (Å²) in [6.45, 7) is 3.73. The molecule has 6 aliphatic rings. The van der Waals surface area contributed by atoms with Gasteiger partial charge in [0.15, 0.2) is 6.04 Å². The standard InChI is InChI=1S/C45H47N3O12/c1-43(2)26-55-41(53)38(43)57-33(50)20-19-27-12-9-10-13-28(27)25-48-36-40(52)56-32-24-44(36,42(54)47-22-11-18-31(47)39(51)46-21-23-49)37(60-48)35-34(32)58-45(59-35,29-14-5-3-6-15-29)30-16-7-4-8-17-30/h3-10,12-17,19-20,31-32,34-38,49H,11,18,21-26H2,1-2H3,(H,46,51)/t31-,32+,34+,35+,36+,37-,38+,44+/m1/s1. The molecule has 0 unspecified atom stereocenters. The fraction of sp³-hybridized carbons (Fsp3) is 0.444. The number of hydrogen-bond donors (Lipinski definition) is 2. The second-order valence-corrected chi connectivity index (χ2v) is 16.9. The first-order chi connectivity index (χ1) is 29.0. The Hall–Kier alpha value is -5.45. The Labute approximate surface area is 346 Å². The van der Waals surface area contributed by atoms with Gasteiger partial charge in [-0.25, -0.2) is 9.59 Å². The number of amides is 2. The molecule has 1 aliphatic carbocycles. The van der Waals surface area contributed by atoms with Crippen molar-refractivity contribution in [2.45, 2.75) is 88.0 Å². The maximum atomic E-state index is 15.5. The lowest BCUT2D eigenvalue weighted by Crippen LogP contribution is -2.70. The number of fused-ring (bicyclic) bond motifs is 4. The number of rotatable bonds is 11. The molecule has 6 fully saturated rings. The molecule has 2 N–H and O–H groups in total. The Morgan fingerprint density at radius 1 is 0.917 bits per heavy atom. The molecule has 8 atom stereocenters. The minimum absolute atomic E-state index is 0.0192. The summed E-state index contributed by atoms with van der Waals surface area (Å²) < 4.78 is 30.9. The van der Waals surface area contributed by atoms with E-state index in [-0.39, 0.29) is 45.2 Å². The maximum Gasteiger partial charge on any atom is 0.348 e. The summed E-state index contributed by atoms with van der Waals surface area (Å²) in [5, 5.41) is 13.6. The van der Waals surface area contributed by atoms with Crippen molar-refractivity contribution in [3.8, 4) is 0 Å². The number of cyclic esters (lactones) is 1. The van der Waals surface area contributed by atoms with Gasteiger partial charge in [0, 0.05) is 42.1 Å². The Bertz CT molecular complexity index is 2160. The van der Waals surface area contributed by atoms with Gasteiger partial charge in [-0.2, -0.15) is 5.06 Å². The molecule has 5 heterocycles. The Morgan fingerprint density at radius 3 is 2.28 bits per heavy atom. The van der Waals surface area contributed by atoms with Gasteiger partial charge in [-0.1, -0.05) is 98.8 Å². The van der Waals surface area contributed by atoms with E-state index in [0.29, 0.717) is 35.1 Å². The molecule has 1 saturated carbocycles. The van der Waals surface area contributed by atoms with Crippen LogP contribution in [-0.4, -0.2) is 114 Å². The van der Waals surface area contributed by atoms with Crippen molar-refractivity contribution in [2.75, 3.05) is 26.3 Å². The fourth-order valence-corrected chi connectivity index (χ4v) is 9.77. The molecule has 2 amide bonds. The van der Waals surface area contributed by atoms with Gasteiger partial charge in [0.25, 0.3) is 0 Å². The van der Waals surface area contributed by atoms with E-state index in [2.05, 4.69) is 5.32 Å². The van der Waals surface area contributed by atoms with E-state index in [0.717, 1.165) is 0 Å². The number of aliphatic hydroxyl groups is 1. The average molecular weight is 822 g/mol. The van der Waals surface area contributed by atoms with E-state index in [1.807, 2.05) is 66.7 Å². The first kappa shape index (κ1) is 40.0. The van der Waals surface area contributed by atoms with Crippen molar-refractivity contribution < 1.29 is 57.6 Å². The highest BCUT2D eigenvalue weighted by Crippen LogP contribution is 2.60. The van der Waals surface area contributed by atoms with Crippen LogP contribution in [0.15, 0.2) is 91.0 Å². The van der Waals surface area contributed by atoms with E-state index in [9.17, 15) is 24.3 Å². The molecule has 3 aromatic rings. The lowest BCUT2D eigenvalue weighted by molar-refractivity contribution is -0.214. The summed E-state index contributed by atoms with van der Waals surface area (Å²) in [6.07, 6.45) is -0.976. The first-order valence-corrected chi connectivity index (χ1v) is 20.4. The number of likely N-dealkylation sites (tertiary alicyclic amines) is 1. The maximum absolute atomic E-state index is 15.5. The Kier molecular flexibility index (Phi) is 10.4. The number of ether oxygens (including phenoxy) is 5. The molecule has 2 bridgehead atoms. The summed E-state index contributed by atoms with van der Waals surface area (Å²) in [7, 11) is 0. The predicted octanol–water partition coefficient (Wildman–Crippen LogP) is 2.78. The number of nitrogens with zero attached hydrogens (tertiary/aromatic N) is 2. The van der Waals surface area contributed by atoms with Crippen LogP contribution in [0.4, 0.5) is 0 Å². The molecular weight excluding hydrogens is 775 g/mol. The molecule has 0 radical (unpaired) electrons. The third kappa shape index (κ3) is 6.59. The SMILES string of the molecule is CC1(C)COC(=O)[C@@H]1OC(=O)C=Cc1ccccc1CN1O[C@@H]2[C@H]3OC(c4ccccc4)(c4ccccc4)O[C@H]3[C@@H]3C[C@]2(C(=O)N2CCC[C@@H]2C(=O)NCCO)[C@@H]1C(=O)O3. The highest BCUT2D eigenvalue weighted by molar-refractivity contribution is 5.97. The van der Waals surface area contributed by atoms with Gasteiger partial charge in [-0.05, 0) is 30.0 Å². The number of nitrogens with one attached hydrogen (secondary N) is 1. The number of benzene rings is 3. The monoisotopic (exact) mass is 821 g/mol.